The predicted molar refractivity (Wildman–Crippen MR) is 52.0 cm³/mol. The fraction of sp³-hybridized carbons (Fsp3) is 0.500. The van der Waals surface area contributed by atoms with Gasteiger partial charge in [0.05, 0.1) is 0 Å². The van der Waals surface area contributed by atoms with Crippen molar-refractivity contribution >= 4 is 32.6 Å². The van der Waals surface area contributed by atoms with Crippen molar-refractivity contribution in [1.29, 1.82) is 0 Å². The third-order valence-corrected chi connectivity index (χ3v) is 12.5. The molecule has 1 aromatic rings. The molecule has 0 saturated heterocycles. The van der Waals surface area contributed by atoms with Gasteiger partial charge in [-0.05, 0) is 0 Å². The van der Waals surface area contributed by atoms with Crippen LogP contribution in [0.1, 0.15) is 5.56 Å². The molecule has 1 heterocycles. The van der Waals surface area contributed by atoms with Gasteiger partial charge < -0.3 is 0 Å². The Bertz CT molecular complexity index is 219. The topological polar surface area (TPSA) is 0 Å². The van der Waals surface area contributed by atoms with Crippen LogP contribution in [0.25, 0.3) is 0 Å². The SMILES string of the molecule is Cc1ccs[c]1[Sn]([CH3])([CH3])[CH3]. The molecule has 0 saturated carbocycles. The summed E-state index contributed by atoms with van der Waals surface area (Å²) in [7, 11) is 0. The average molecular weight is 261 g/mol. The summed E-state index contributed by atoms with van der Waals surface area (Å²) in [6.45, 7) is 2.23. The Morgan fingerprint density at radius 3 is 2.10 bits per heavy atom. The van der Waals surface area contributed by atoms with E-state index in [1.54, 1.807) is 2.89 Å². The zero-order valence-corrected chi connectivity index (χ0v) is 10.7. The Labute approximate surface area is 71.1 Å². The molecule has 0 aromatic carbocycles. The summed E-state index contributed by atoms with van der Waals surface area (Å²) in [6.07, 6.45) is 0. The standard InChI is InChI=1S/C5H5S.3CH3.Sn/c1-5-2-3-6-4-5;;;;/h2-3H,1H3;3*1H3;. The van der Waals surface area contributed by atoms with Crippen LogP contribution >= 0.6 is 11.3 Å². The summed E-state index contributed by atoms with van der Waals surface area (Å²) in [4.78, 5) is 7.40. The Morgan fingerprint density at radius 1 is 1.30 bits per heavy atom. The predicted octanol–water partition coefficient (Wildman–Crippen LogP) is 2.60. The monoisotopic (exact) mass is 262 g/mol. The van der Waals surface area contributed by atoms with Gasteiger partial charge in [0.25, 0.3) is 0 Å². The first-order chi connectivity index (χ1) is 4.52. The molecule has 56 valence electrons. The second-order valence-electron chi connectivity index (χ2n) is 3.68. The van der Waals surface area contributed by atoms with Gasteiger partial charge in [-0.3, -0.25) is 0 Å². The first kappa shape index (κ1) is 8.59. The molecule has 0 N–H and O–H groups in total. The molecular formula is C8H14SSn. The Hall–Kier alpha value is 0.499. The summed E-state index contributed by atoms with van der Waals surface area (Å²) in [5.74, 6) is 0. The zero-order valence-electron chi connectivity index (χ0n) is 7.06. The van der Waals surface area contributed by atoms with Gasteiger partial charge in [0.15, 0.2) is 0 Å². The van der Waals surface area contributed by atoms with Gasteiger partial charge in [-0.25, -0.2) is 0 Å². The zero-order chi connectivity index (χ0) is 7.78. The van der Waals surface area contributed by atoms with E-state index in [1.165, 1.54) is 5.56 Å². The van der Waals surface area contributed by atoms with Crippen LogP contribution in [0, 0.1) is 6.92 Å². The van der Waals surface area contributed by atoms with Crippen molar-refractivity contribution in [2.75, 3.05) is 0 Å². The molecule has 10 heavy (non-hydrogen) atoms. The first-order valence-electron chi connectivity index (χ1n) is 3.56. The summed E-state index contributed by atoms with van der Waals surface area (Å²) in [6, 6.07) is 2.24. The van der Waals surface area contributed by atoms with Crippen LogP contribution in [0.5, 0.6) is 0 Å². The fourth-order valence-corrected chi connectivity index (χ4v) is 9.38. The fourth-order valence-electron chi connectivity index (χ4n) is 1.14. The van der Waals surface area contributed by atoms with Crippen molar-refractivity contribution in [3.8, 4) is 0 Å². The summed E-state index contributed by atoms with van der Waals surface area (Å²) in [5.41, 5.74) is 1.52. The number of thiophene rings is 1. The van der Waals surface area contributed by atoms with Crippen LogP contribution in [-0.4, -0.2) is 18.4 Å². The summed E-state index contributed by atoms with van der Waals surface area (Å²) < 4.78 is 1.72. The van der Waals surface area contributed by atoms with Crippen molar-refractivity contribution < 1.29 is 0 Å². The minimum absolute atomic E-state index is 1.52. The van der Waals surface area contributed by atoms with Gasteiger partial charge in [-0.2, -0.15) is 0 Å². The molecule has 0 atom stereocenters. The second-order valence-corrected chi connectivity index (χ2v) is 19.9. The number of rotatable bonds is 1. The van der Waals surface area contributed by atoms with Gasteiger partial charge in [0, 0.05) is 0 Å². The van der Waals surface area contributed by atoms with Gasteiger partial charge in [0.2, 0.25) is 0 Å². The molecule has 0 radical (unpaired) electrons. The molecule has 0 nitrogen and oxygen atoms in total. The van der Waals surface area contributed by atoms with Gasteiger partial charge in [0.1, 0.15) is 0 Å². The van der Waals surface area contributed by atoms with E-state index in [2.05, 4.69) is 33.2 Å². The van der Waals surface area contributed by atoms with Crippen LogP contribution in [0.2, 0.25) is 14.8 Å². The van der Waals surface area contributed by atoms with Crippen molar-refractivity contribution in [3.63, 3.8) is 0 Å². The number of hydrogen-bond acceptors (Lipinski definition) is 1. The van der Waals surface area contributed by atoms with E-state index in [1.807, 2.05) is 11.3 Å². The molecule has 0 bridgehead atoms. The normalized spacial score (nSPS) is 12.0. The average Bonchev–Trinajstić information content (AvgIpc) is 2.11. The van der Waals surface area contributed by atoms with E-state index in [-0.39, 0.29) is 0 Å². The van der Waals surface area contributed by atoms with E-state index in [4.69, 9.17) is 0 Å². The van der Waals surface area contributed by atoms with E-state index in [0.29, 0.717) is 0 Å². The van der Waals surface area contributed by atoms with E-state index in [9.17, 15) is 0 Å². The molecule has 0 aliphatic heterocycles. The Morgan fingerprint density at radius 2 is 1.90 bits per heavy atom. The van der Waals surface area contributed by atoms with Crippen LogP contribution in [0.3, 0.4) is 0 Å². The molecular weight excluding hydrogens is 247 g/mol. The third-order valence-electron chi connectivity index (χ3n) is 1.54. The van der Waals surface area contributed by atoms with Crippen LogP contribution in [0.4, 0.5) is 0 Å². The third kappa shape index (κ3) is 1.76. The van der Waals surface area contributed by atoms with E-state index < -0.39 is 18.4 Å². The first-order valence-corrected chi connectivity index (χ1v) is 14.4. The number of aryl methyl sites for hydroxylation is 1. The van der Waals surface area contributed by atoms with Crippen molar-refractivity contribution in [1.82, 2.24) is 0 Å². The van der Waals surface area contributed by atoms with E-state index in [0.717, 1.165) is 0 Å². The van der Waals surface area contributed by atoms with Gasteiger partial charge in [-0.15, -0.1) is 0 Å². The maximum absolute atomic E-state index is 2.47. The van der Waals surface area contributed by atoms with Crippen molar-refractivity contribution in [2.45, 2.75) is 21.7 Å². The molecule has 2 heteroatoms. The van der Waals surface area contributed by atoms with E-state index >= 15 is 0 Å². The molecule has 1 rings (SSSR count). The maximum atomic E-state index is 2.47. The number of hydrogen-bond donors (Lipinski definition) is 0. The Balaban J connectivity index is 3.05. The van der Waals surface area contributed by atoms with Crippen LogP contribution < -0.4 is 2.89 Å². The molecule has 0 aliphatic carbocycles. The molecule has 1 aromatic heterocycles. The van der Waals surface area contributed by atoms with Crippen LogP contribution in [-0.2, 0) is 0 Å². The molecule has 0 unspecified atom stereocenters. The molecule has 0 fully saturated rings. The quantitative estimate of drug-likeness (QED) is 0.681. The summed E-state index contributed by atoms with van der Waals surface area (Å²) >= 11 is 0.257. The van der Waals surface area contributed by atoms with Gasteiger partial charge in [-0.1, -0.05) is 0 Å². The van der Waals surface area contributed by atoms with Gasteiger partial charge >= 0.3 is 71.4 Å². The summed E-state index contributed by atoms with van der Waals surface area (Å²) in [5, 5.41) is 2.22. The molecule has 0 aliphatic rings. The molecule has 0 amide bonds. The van der Waals surface area contributed by atoms with Crippen molar-refractivity contribution in [3.05, 3.63) is 17.0 Å². The second kappa shape index (κ2) is 2.86. The van der Waals surface area contributed by atoms with Crippen LogP contribution in [0.15, 0.2) is 11.4 Å². The minimum atomic E-state index is -1.69. The Kier molecular flexibility index (Phi) is 2.45. The molecule has 0 spiro atoms. The van der Waals surface area contributed by atoms with Crippen molar-refractivity contribution in [2.24, 2.45) is 0 Å².